The summed E-state index contributed by atoms with van der Waals surface area (Å²) in [6.45, 7) is 2.48. The largest absolute Gasteiger partial charge is 0.390 e. The van der Waals surface area contributed by atoms with E-state index in [-0.39, 0.29) is 0 Å². The number of hydrogen-bond acceptors (Lipinski definition) is 5. The molecule has 0 aromatic carbocycles. The summed E-state index contributed by atoms with van der Waals surface area (Å²) in [7, 11) is -3.28. The molecular formula is C15H23N3O3S. The summed E-state index contributed by atoms with van der Waals surface area (Å²) in [5.41, 5.74) is 0.367. The lowest BCUT2D eigenvalue weighted by molar-refractivity contribution is -0.0382. The Morgan fingerprint density at radius 3 is 2.82 bits per heavy atom. The van der Waals surface area contributed by atoms with Crippen LogP contribution < -0.4 is 0 Å². The van der Waals surface area contributed by atoms with Crippen LogP contribution in [0.1, 0.15) is 25.0 Å². The molecule has 0 bridgehead atoms. The number of β-amino-alcohol motifs (C(OH)–C–C–N with tert-alkyl or cyclic N) is 1. The SMILES string of the molecule is CS(=O)(=O)N1CCC[C@@]12CCN(Cc1ccccn1)C[C@@H]2O. The fourth-order valence-electron chi connectivity index (χ4n) is 3.84. The summed E-state index contributed by atoms with van der Waals surface area (Å²) < 4.78 is 25.6. The lowest BCUT2D eigenvalue weighted by Gasteiger charge is -2.47. The first-order valence-corrected chi connectivity index (χ1v) is 9.55. The molecule has 3 heterocycles. The van der Waals surface area contributed by atoms with Crippen molar-refractivity contribution in [1.29, 1.82) is 0 Å². The first kappa shape index (κ1) is 15.9. The molecule has 6 nitrogen and oxygen atoms in total. The molecule has 0 aliphatic carbocycles. The van der Waals surface area contributed by atoms with Gasteiger partial charge in [-0.1, -0.05) is 6.07 Å². The molecular weight excluding hydrogens is 302 g/mol. The van der Waals surface area contributed by atoms with E-state index in [1.165, 1.54) is 10.6 Å². The zero-order chi connectivity index (χ0) is 15.8. The average Bonchev–Trinajstić information content (AvgIpc) is 2.89. The minimum atomic E-state index is -3.28. The smallest absolute Gasteiger partial charge is 0.211 e. The van der Waals surface area contributed by atoms with Gasteiger partial charge < -0.3 is 5.11 Å². The van der Waals surface area contributed by atoms with E-state index in [9.17, 15) is 13.5 Å². The van der Waals surface area contributed by atoms with E-state index in [1.54, 1.807) is 6.20 Å². The number of rotatable bonds is 3. The molecule has 2 saturated heterocycles. The van der Waals surface area contributed by atoms with Crippen molar-refractivity contribution in [2.24, 2.45) is 0 Å². The molecule has 1 N–H and O–H groups in total. The molecule has 3 rings (SSSR count). The van der Waals surface area contributed by atoms with Crippen molar-refractivity contribution in [2.75, 3.05) is 25.9 Å². The van der Waals surface area contributed by atoms with Gasteiger partial charge in [0.25, 0.3) is 0 Å². The van der Waals surface area contributed by atoms with Crippen molar-refractivity contribution in [1.82, 2.24) is 14.2 Å². The van der Waals surface area contributed by atoms with Gasteiger partial charge in [-0.3, -0.25) is 9.88 Å². The van der Waals surface area contributed by atoms with Crippen molar-refractivity contribution in [2.45, 2.75) is 37.5 Å². The van der Waals surface area contributed by atoms with Crippen molar-refractivity contribution in [3.8, 4) is 0 Å². The van der Waals surface area contributed by atoms with Gasteiger partial charge >= 0.3 is 0 Å². The third kappa shape index (κ3) is 2.90. The Labute approximate surface area is 131 Å². The third-order valence-electron chi connectivity index (χ3n) is 4.89. The van der Waals surface area contributed by atoms with Crippen molar-refractivity contribution < 1.29 is 13.5 Å². The molecule has 2 atom stereocenters. The Bertz CT molecular complexity index is 622. The zero-order valence-corrected chi connectivity index (χ0v) is 13.7. The van der Waals surface area contributed by atoms with Gasteiger partial charge in [-0.25, -0.2) is 8.42 Å². The van der Waals surface area contributed by atoms with Gasteiger partial charge in [0.2, 0.25) is 10.0 Å². The Morgan fingerprint density at radius 2 is 2.18 bits per heavy atom. The van der Waals surface area contributed by atoms with Crippen LogP contribution in [0.25, 0.3) is 0 Å². The quantitative estimate of drug-likeness (QED) is 0.873. The van der Waals surface area contributed by atoms with Crippen LogP contribution in [0.2, 0.25) is 0 Å². The van der Waals surface area contributed by atoms with Gasteiger partial charge in [0.05, 0.1) is 23.6 Å². The molecule has 2 aliphatic rings. The van der Waals surface area contributed by atoms with Gasteiger partial charge in [-0.05, 0) is 31.4 Å². The van der Waals surface area contributed by atoms with E-state index in [2.05, 4.69) is 9.88 Å². The first-order chi connectivity index (χ1) is 10.4. The molecule has 7 heteroatoms. The van der Waals surface area contributed by atoms with E-state index in [4.69, 9.17) is 0 Å². The highest BCUT2D eigenvalue weighted by molar-refractivity contribution is 7.88. The van der Waals surface area contributed by atoms with E-state index in [0.29, 0.717) is 26.1 Å². The Kier molecular flexibility index (Phi) is 4.24. The fraction of sp³-hybridized carbons (Fsp3) is 0.667. The number of aliphatic hydroxyl groups is 1. The van der Waals surface area contributed by atoms with Gasteiger partial charge in [-0.2, -0.15) is 4.31 Å². The number of hydrogen-bond donors (Lipinski definition) is 1. The molecule has 2 fully saturated rings. The minimum Gasteiger partial charge on any atom is -0.390 e. The summed E-state index contributed by atoms with van der Waals surface area (Å²) >= 11 is 0. The van der Waals surface area contributed by atoms with E-state index < -0.39 is 21.7 Å². The maximum absolute atomic E-state index is 12.0. The summed E-state index contributed by atoms with van der Waals surface area (Å²) in [5.74, 6) is 0. The molecule has 122 valence electrons. The van der Waals surface area contributed by atoms with Gasteiger partial charge in [0.15, 0.2) is 0 Å². The van der Waals surface area contributed by atoms with Crippen LogP contribution in [-0.4, -0.2) is 65.2 Å². The number of aliphatic hydroxyl groups excluding tert-OH is 1. The minimum absolute atomic E-state index is 0.489. The highest BCUT2D eigenvalue weighted by Crippen LogP contribution is 2.40. The average molecular weight is 325 g/mol. The molecule has 1 aromatic heterocycles. The molecule has 1 aromatic rings. The molecule has 22 heavy (non-hydrogen) atoms. The van der Waals surface area contributed by atoms with Crippen LogP contribution in [-0.2, 0) is 16.6 Å². The third-order valence-corrected chi connectivity index (χ3v) is 6.24. The molecule has 1 spiro atoms. The van der Waals surface area contributed by atoms with Crippen molar-refractivity contribution in [3.63, 3.8) is 0 Å². The molecule has 0 unspecified atom stereocenters. The number of sulfonamides is 1. The predicted molar refractivity (Wildman–Crippen MR) is 83.7 cm³/mol. The topological polar surface area (TPSA) is 73.7 Å². The second-order valence-corrected chi connectivity index (χ2v) is 8.27. The molecule has 0 saturated carbocycles. The van der Waals surface area contributed by atoms with Crippen molar-refractivity contribution in [3.05, 3.63) is 30.1 Å². The Balaban J connectivity index is 1.72. The second-order valence-electron chi connectivity index (χ2n) is 6.36. The zero-order valence-electron chi connectivity index (χ0n) is 12.9. The molecule has 2 aliphatic heterocycles. The molecule has 0 radical (unpaired) electrons. The number of likely N-dealkylation sites (tertiary alicyclic amines) is 1. The standard InChI is InChI=1S/C15H23N3O3S/c1-22(20,21)18-9-4-6-15(18)7-10-17(12-14(15)19)11-13-5-2-3-8-16-13/h2-3,5,8,14,19H,4,6-7,9-12H2,1H3/t14-,15-/m0/s1. The van der Waals surface area contributed by atoms with Crippen LogP contribution in [0.3, 0.4) is 0 Å². The maximum Gasteiger partial charge on any atom is 0.211 e. The van der Waals surface area contributed by atoms with Crippen molar-refractivity contribution >= 4 is 10.0 Å². The van der Waals surface area contributed by atoms with Crippen LogP contribution in [0.15, 0.2) is 24.4 Å². The fourth-order valence-corrected chi connectivity index (χ4v) is 5.27. The Morgan fingerprint density at radius 1 is 1.36 bits per heavy atom. The van der Waals surface area contributed by atoms with Crippen LogP contribution in [0.5, 0.6) is 0 Å². The number of aromatic nitrogens is 1. The summed E-state index contributed by atoms with van der Waals surface area (Å²) in [5, 5.41) is 10.7. The van der Waals surface area contributed by atoms with E-state index >= 15 is 0 Å². The Hall–Kier alpha value is -1.02. The monoisotopic (exact) mass is 325 g/mol. The summed E-state index contributed by atoms with van der Waals surface area (Å²) in [6, 6.07) is 5.80. The lowest BCUT2D eigenvalue weighted by atomic mass is 9.83. The van der Waals surface area contributed by atoms with Gasteiger partial charge in [0, 0.05) is 32.4 Å². The number of piperidine rings is 1. The second kappa shape index (κ2) is 5.88. The first-order valence-electron chi connectivity index (χ1n) is 7.70. The van der Waals surface area contributed by atoms with Crippen LogP contribution in [0, 0.1) is 0 Å². The lowest BCUT2D eigenvalue weighted by Crippen LogP contribution is -2.62. The highest BCUT2D eigenvalue weighted by Gasteiger charge is 2.52. The van der Waals surface area contributed by atoms with Gasteiger partial charge in [-0.15, -0.1) is 0 Å². The normalized spacial score (nSPS) is 30.9. The molecule has 0 amide bonds. The highest BCUT2D eigenvalue weighted by atomic mass is 32.2. The van der Waals surface area contributed by atoms with Gasteiger partial charge in [0.1, 0.15) is 0 Å². The summed E-state index contributed by atoms with van der Waals surface area (Å²) in [6.07, 6.45) is 4.60. The van der Waals surface area contributed by atoms with E-state index in [1.807, 2.05) is 18.2 Å². The van der Waals surface area contributed by atoms with Crippen LogP contribution >= 0.6 is 0 Å². The predicted octanol–water partition coefficient (Wildman–Crippen LogP) is 0.442. The van der Waals surface area contributed by atoms with E-state index in [0.717, 1.165) is 25.1 Å². The maximum atomic E-state index is 12.0. The number of pyridine rings is 1. The van der Waals surface area contributed by atoms with Crippen LogP contribution in [0.4, 0.5) is 0 Å². The number of nitrogens with zero attached hydrogens (tertiary/aromatic N) is 3. The summed E-state index contributed by atoms with van der Waals surface area (Å²) in [4.78, 5) is 6.46.